The third-order valence-corrected chi connectivity index (χ3v) is 3.85. The number of hydrogen-bond donors (Lipinski definition) is 1. The highest BCUT2D eigenvalue weighted by Gasteiger charge is 2.19. The number of nitrogens with one attached hydrogen (secondary N) is 1. The van der Waals surface area contributed by atoms with Crippen LogP contribution in [-0.2, 0) is 4.79 Å². The Bertz CT molecular complexity index is 939. The Morgan fingerprint density at radius 1 is 1.39 bits per heavy atom. The summed E-state index contributed by atoms with van der Waals surface area (Å²) in [5.74, 6) is 0.728. The van der Waals surface area contributed by atoms with Gasteiger partial charge in [-0.05, 0) is 30.7 Å². The molecule has 23 heavy (non-hydrogen) atoms. The Labute approximate surface area is 133 Å². The number of imidazole rings is 1. The van der Waals surface area contributed by atoms with Crippen LogP contribution in [0.4, 0.5) is 5.82 Å². The zero-order valence-corrected chi connectivity index (χ0v) is 13.1. The lowest BCUT2D eigenvalue weighted by Crippen LogP contribution is -2.47. The molecule has 2 aromatic heterocycles. The van der Waals surface area contributed by atoms with Crippen LogP contribution >= 0.6 is 0 Å². The van der Waals surface area contributed by atoms with Gasteiger partial charge in [0.25, 0.3) is 0 Å². The van der Waals surface area contributed by atoms with Crippen LogP contribution in [0, 0.1) is 18.3 Å². The lowest BCUT2D eigenvalue weighted by Gasteiger charge is -2.29. The molecule has 0 radical (unpaired) electrons. The van der Waals surface area contributed by atoms with E-state index in [9.17, 15) is 10.1 Å². The van der Waals surface area contributed by atoms with E-state index in [2.05, 4.69) is 16.5 Å². The number of amides is 1. The van der Waals surface area contributed by atoms with E-state index in [1.165, 1.54) is 5.12 Å². The highest BCUT2D eigenvalue weighted by Crippen LogP contribution is 2.28. The van der Waals surface area contributed by atoms with Crippen LogP contribution in [0.15, 0.2) is 30.3 Å². The lowest BCUT2D eigenvalue weighted by molar-refractivity contribution is -0.121. The van der Waals surface area contributed by atoms with Crippen LogP contribution in [0.5, 0.6) is 0 Å². The summed E-state index contributed by atoms with van der Waals surface area (Å²) in [6.45, 7) is 1.86. The molecule has 116 valence electrons. The number of nitriles is 1. The van der Waals surface area contributed by atoms with Crippen LogP contribution in [0.25, 0.3) is 16.7 Å². The zero-order valence-electron chi connectivity index (χ0n) is 13.1. The molecule has 7 heteroatoms. The van der Waals surface area contributed by atoms with Gasteiger partial charge in [-0.1, -0.05) is 12.1 Å². The molecule has 1 aromatic carbocycles. The van der Waals surface area contributed by atoms with Gasteiger partial charge in [0.2, 0.25) is 6.41 Å². The lowest BCUT2D eigenvalue weighted by atomic mass is 10.1. The fourth-order valence-corrected chi connectivity index (χ4v) is 2.69. The van der Waals surface area contributed by atoms with Gasteiger partial charge in [-0.2, -0.15) is 10.4 Å². The van der Waals surface area contributed by atoms with Gasteiger partial charge in [-0.3, -0.25) is 14.2 Å². The number of hydrogen-bond acceptors (Lipinski definition) is 5. The third-order valence-electron chi connectivity index (χ3n) is 3.85. The van der Waals surface area contributed by atoms with Gasteiger partial charge in [-0.15, -0.1) is 0 Å². The van der Waals surface area contributed by atoms with Gasteiger partial charge in [0, 0.05) is 14.1 Å². The van der Waals surface area contributed by atoms with Crippen LogP contribution in [0.1, 0.15) is 11.1 Å². The van der Waals surface area contributed by atoms with E-state index >= 15 is 0 Å². The molecular weight excluding hydrogens is 292 g/mol. The van der Waals surface area contributed by atoms with Crippen molar-refractivity contribution in [3.05, 3.63) is 41.5 Å². The quantitative estimate of drug-likeness (QED) is 0.585. The molecule has 1 N–H and O–H groups in total. The van der Waals surface area contributed by atoms with E-state index in [1.807, 2.05) is 41.7 Å². The molecule has 0 saturated carbocycles. The molecule has 3 aromatic rings. The molecule has 2 heterocycles. The number of carbonyl (C=O) groups is 1. The average Bonchev–Trinajstić information content (AvgIpc) is 2.94. The van der Waals surface area contributed by atoms with E-state index < -0.39 is 0 Å². The van der Waals surface area contributed by atoms with Crippen molar-refractivity contribution < 1.29 is 4.79 Å². The average molecular weight is 308 g/mol. The fraction of sp³-hybridized carbons (Fsp3) is 0.188. The van der Waals surface area contributed by atoms with E-state index in [-0.39, 0.29) is 0 Å². The second kappa shape index (κ2) is 5.59. The number of fused-ring (bicyclic) bond motifs is 3. The molecule has 0 atom stereocenters. The van der Waals surface area contributed by atoms with Gasteiger partial charge in [0.15, 0.2) is 5.65 Å². The predicted octanol–water partition coefficient (Wildman–Crippen LogP) is 1.61. The van der Waals surface area contributed by atoms with Crippen molar-refractivity contribution in [3.63, 3.8) is 0 Å². The number of aryl methyl sites for hydroxylation is 1. The Morgan fingerprint density at radius 2 is 2.13 bits per heavy atom. The number of pyridine rings is 1. The van der Waals surface area contributed by atoms with Crippen molar-refractivity contribution in [3.8, 4) is 6.07 Å². The van der Waals surface area contributed by atoms with Gasteiger partial charge in [0.05, 0.1) is 16.6 Å². The first-order valence-corrected chi connectivity index (χ1v) is 7.08. The maximum Gasteiger partial charge on any atom is 0.243 e. The molecule has 0 unspecified atom stereocenters. The second-order valence-electron chi connectivity index (χ2n) is 5.13. The number of hydrazine groups is 2. The maximum atomic E-state index is 11.2. The normalized spacial score (nSPS) is 10.7. The Kier molecular flexibility index (Phi) is 3.60. The first-order chi connectivity index (χ1) is 11.1. The van der Waals surface area contributed by atoms with Crippen molar-refractivity contribution in [1.82, 2.24) is 19.9 Å². The first-order valence-electron chi connectivity index (χ1n) is 7.08. The highest BCUT2D eigenvalue weighted by molar-refractivity contribution is 5.85. The number of rotatable bonds is 4. The van der Waals surface area contributed by atoms with Crippen molar-refractivity contribution in [2.45, 2.75) is 6.92 Å². The van der Waals surface area contributed by atoms with E-state index in [1.54, 1.807) is 19.1 Å². The van der Waals surface area contributed by atoms with Gasteiger partial charge in [-0.25, -0.2) is 10.4 Å². The minimum atomic E-state index is 0.528. The number of anilines is 1. The molecular formula is C16H16N6O. The fourth-order valence-electron chi connectivity index (χ4n) is 2.69. The molecule has 0 fully saturated rings. The van der Waals surface area contributed by atoms with E-state index in [0.29, 0.717) is 17.6 Å². The summed E-state index contributed by atoms with van der Waals surface area (Å²) < 4.78 is 1.88. The van der Waals surface area contributed by atoms with Crippen molar-refractivity contribution in [2.75, 3.05) is 19.1 Å². The van der Waals surface area contributed by atoms with Gasteiger partial charge in [0.1, 0.15) is 11.9 Å². The molecule has 0 bridgehead atoms. The van der Waals surface area contributed by atoms with Crippen molar-refractivity contribution >= 4 is 28.9 Å². The second-order valence-corrected chi connectivity index (χ2v) is 5.13. The van der Waals surface area contributed by atoms with Crippen molar-refractivity contribution in [1.29, 1.82) is 5.26 Å². The van der Waals surface area contributed by atoms with Gasteiger partial charge < -0.3 is 0 Å². The van der Waals surface area contributed by atoms with E-state index in [0.717, 1.165) is 22.4 Å². The summed E-state index contributed by atoms with van der Waals surface area (Å²) in [6.07, 6.45) is 0.679. The molecule has 0 saturated heterocycles. The van der Waals surface area contributed by atoms with Crippen LogP contribution in [0.3, 0.4) is 0 Å². The number of aromatic nitrogens is 2. The Balaban J connectivity index is 2.42. The minimum absolute atomic E-state index is 0.528. The maximum absolute atomic E-state index is 11.2. The van der Waals surface area contributed by atoms with E-state index in [4.69, 9.17) is 0 Å². The molecule has 0 aliphatic heterocycles. The summed E-state index contributed by atoms with van der Waals surface area (Å²) in [7, 11) is 3.42. The summed E-state index contributed by atoms with van der Waals surface area (Å²) >= 11 is 0. The molecule has 0 spiro atoms. The summed E-state index contributed by atoms with van der Waals surface area (Å²) in [4.78, 5) is 15.8. The standard InChI is InChI=1S/C16H16N6O/c1-11-8-15(20(3)21(10-23)18-2)22-14-7-5-4-6-13(14)19-16(22)12(11)9-17/h4-8,10,18H,1-3H3. The van der Waals surface area contributed by atoms with Crippen LogP contribution < -0.4 is 10.4 Å². The van der Waals surface area contributed by atoms with Crippen LogP contribution in [0.2, 0.25) is 0 Å². The monoisotopic (exact) mass is 308 g/mol. The van der Waals surface area contributed by atoms with Crippen LogP contribution in [-0.4, -0.2) is 35.0 Å². The molecule has 0 aliphatic carbocycles. The Hall–Kier alpha value is -3.11. The summed E-state index contributed by atoms with van der Waals surface area (Å²) in [5.41, 5.74) is 6.38. The number of carbonyl (C=O) groups excluding carboxylic acids is 1. The smallest absolute Gasteiger partial charge is 0.243 e. The number of benzene rings is 1. The largest absolute Gasteiger partial charge is 0.276 e. The zero-order chi connectivity index (χ0) is 16.6. The molecule has 3 rings (SSSR count). The van der Waals surface area contributed by atoms with Crippen molar-refractivity contribution in [2.24, 2.45) is 0 Å². The highest BCUT2D eigenvalue weighted by atomic mass is 16.2. The SMILES string of the molecule is CNN(C=O)N(C)c1cc(C)c(C#N)c2nc3ccccc3n12. The molecule has 7 nitrogen and oxygen atoms in total. The topological polar surface area (TPSA) is 76.7 Å². The van der Waals surface area contributed by atoms with Gasteiger partial charge >= 0.3 is 0 Å². The number of para-hydroxylation sites is 2. The first kappa shape index (κ1) is 14.8. The Morgan fingerprint density at radius 3 is 2.78 bits per heavy atom. The minimum Gasteiger partial charge on any atom is -0.276 e. The summed E-state index contributed by atoms with van der Waals surface area (Å²) in [5, 5.41) is 12.5. The number of nitrogens with zero attached hydrogens (tertiary/aromatic N) is 5. The summed E-state index contributed by atoms with van der Waals surface area (Å²) in [6, 6.07) is 11.8. The molecule has 1 amide bonds. The third kappa shape index (κ3) is 2.17. The predicted molar refractivity (Wildman–Crippen MR) is 87.5 cm³/mol. The molecule has 0 aliphatic rings.